The smallest absolute Gasteiger partial charge is 0.383 e. The number of piperidine rings is 1. The minimum atomic E-state index is -4.12. The standard InChI is InChI=1S/C11H21F3N2O.ClH/c1-17-7-6-16(9-11(12,13)14)8-10-2-4-15-5-3-10;/h10,15H,2-9H2,1H3;1H. The Bertz CT molecular complexity index is 211. The van der Waals surface area contributed by atoms with Crippen molar-refractivity contribution in [1.29, 1.82) is 0 Å². The highest BCUT2D eigenvalue weighted by atomic mass is 35.5. The summed E-state index contributed by atoms with van der Waals surface area (Å²) in [5.41, 5.74) is 0. The fourth-order valence-corrected chi connectivity index (χ4v) is 2.14. The van der Waals surface area contributed by atoms with E-state index in [0.29, 0.717) is 25.6 Å². The lowest BCUT2D eigenvalue weighted by atomic mass is 9.97. The van der Waals surface area contributed by atoms with Crippen LogP contribution in [0.15, 0.2) is 0 Å². The van der Waals surface area contributed by atoms with Crippen molar-refractivity contribution in [3.63, 3.8) is 0 Å². The van der Waals surface area contributed by atoms with Gasteiger partial charge >= 0.3 is 6.18 Å². The number of hydrogen-bond donors (Lipinski definition) is 1. The van der Waals surface area contributed by atoms with E-state index in [0.717, 1.165) is 25.9 Å². The summed E-state index contributed by atoms with van der Waals surface area (Å²) in [7, 11) is 1.51. The number of methoxy groups -OCH3 is 1. The third kappa shape index (κ3) is 8.13. The molecule has 0 aliphatic carbocycles. The Morgan fingerprint density at radius 3 is 2.39 bits per heavy atom. The predicted octanol–water partition coefficient (Wildman–Crippen LogP) is 1.92. The number of alkyl halides is 3. The van der Waals surface area contributed by atoms with Crippen molar-refractivity contribution >= 4 is 12.4 Å². The molecule has 0 aromatic heterocycles. The summed E-state index contributed by atoms with van der Waals surface area (Å²) in [5, 5.41) is 3.21. The average Bonchev–Trinajstić information content (AvgIpc) is 2.25. The van der Waals surface area contributed by atoms with Crippen LogP contribution in [-0.2, 0) is 4.74 Å². The molecule has 1 aliphatic heterocycles. The van der Waals surface area contributed by atoms with E-state index in [-0.39, 0.29) is 12.4 Å². The molecule has 1 saturated heterocycles. The molecule has 3 nitrogen and oxygen atoms in total. The van der Waals surface area contributed by atoms with E-state index in [1.165, 1.54) is 12.0 Å². The Balaban J connectivity index is 0.00000289. The van der Waals surface area contributed by atoms with Crippen LogP contribution >= 0.6 is 12.4 Å². The second kappa shape index (κ2) is 8.96. The first-order valence-corrected chi connectivity index (χ1v) is 6.00. The molecule has 1 aliphatic rings. The van der Waals surface area contributed by atoms with Gasteiger partial charge in [0.25, 0.3) is 0 Å². The van der Waals surface area contributed by atoms with Crippen molar-refractivity contribution in [3.8, 4) is 0 Å². The van der Waals surface area contributed by atoms with Gasteiger partial charge in [0.2, 0.25) is 0 Å². The number of nitrogens with one attached hydrogen (secondary N) is 1. The van der Waals surface area contributed by atoms with Gasteiger partial charge in [0.1, 0.15) is 0 Å². The van der Waals surface area contributed by atoms with Gasteiger partial charge in [-0.25, -0.2) is 0 Å². The highest BCUT2D eigenvalue weighted by molar-refractivity contribution is 5.85. The van der Waals surface area contributed by atoms with Gasteiger partial charge in [-0.3, -0.25) is 4.90 Å². The van der Waals surface area contributed by atoms with Crippen molar-refractivity contribution in [2.75, 3.05) is 46.4 Å². The van der Waals surface area contributed by atoms with Crippen LogP contribution in [0.3, 0.4) is 0 Å². The summed E-state index contributed by atoms with van der Waals surface area (Å²) in [6, 6.07) is 0. The van der Waals surface area contributed by atoms with Crippen molar-refractivity contribution in [1.82, 2.24) is 10.2 Å². The van der Waals surface area contributed by atoms with Crippen LogP contribution in [0.1, 0.15) is 12.8 Å². The van der Waals surface area contributed by atoms with Gasteiger partial charge in [-0.15, -0.1) is 12.4 Å². The first-order valence-electron chi connectivity index (χ1n) is 6.00. The number of ether oxygens (including phenoxy) is 1. The molecule has 18 heavy (non-hydrogen) atoms. The maximum Gasteiger partial charge on any atom is 0.401 e. The maximum atomic E-state index is 12.4. The van der Waals surface area contributed by atoms with Crippen molar-refractivity contribution < 1.29 is 17.9 Å². The topological polar surface area (TPSA) is 24.5 Å². The third-order valence-corrected chi connectivity index (χ3v) is 2.99. The summed E-state index contributed by atoms with van der Waals surface area (Å²) >= 11 is 0. The third-order valence-electron chi connectivity index (χ3n) is 2.99. The highest BCUT2D eigenvalue weighted by Crippen LogP contribution is 2.19. The Hall–Kier alpha value is -0.0400. The maximum absolute atomic E-state index is 12.4. The molecule has 110 valence electrons. The minimum Gasteiger partial charge on any atom is -0.383 e. The molecule has 7 heteroatoms. The zero-order valence-corrected chi connectivity index (χ0v) is 11.4. The lowest BCUT2D eigenvalue weighted by Crippen LogP contribution is -2.42. The number of nitrogens with zero attached hydrogens (tertiary/aromatic N) is 1. The second-order valence-corrected chi connectivity index (χ2v) is 4.54. The second-order valence-electron chi connectivity index (χ2n) is 4.54. The van der Waals surface area contributed by atoms with Crippen molar-refractivity contribution in [2.45, 2.75) is 19.0 Å². The van der Waals surface area contributed by atoms with Crippen LogP contribution < -0.4 is 5.32 Å². The molecule has 0 aromatic rings. The van der Waals surface area contributed by atoms with Crippen LogP contribution in [0, 0.1) is 5.92 Å². The summed E-state index contributed by atoms with van der Waals surface area (Å²) in [5.74, 6) is 0.371. The molecule has 1 N–H and O–H groups in total. The monoisotopic (exact) mass is 290 g/mol. The first kappa shape index (κ1) is 18.0. The molecule has 0 bridgehead atoms. The first-order chi connectivity index (χ1) is 8.01. The molecule has 0 atom stereocenters. The summed E-state index contributed by atoms with van der Waals surface area (Å²) in [6.07, 6.45) is -2.21. The van der Waals surface area contributed by atoms with Crippen LogP contribution in [0.2, 0.25) is 0 Å². The zero-order chi connectivity index (χ0) is 12.7. The van der Waals surface area contributed by atoms with Crippen LogP contribution in [-0.4, -0.2) is 57.5 Å². The molecule has 0 radical (unpaired) electrons. The molecule has 0 spiro atoms. The Kier molecular flexibility index (Phi) is 8.94. The normalized spacial score (nSPS) is 17.8. The molecule has 0 amide bonds. The number of hydrogen-bond acceptors (Lipinski definition) is 3. The summed E-state index contributed by atoms with van der Waals surface area (Å²) < 4.78 is 42.0. The van der Waals surface area contributed by atoms with Gasteiger partial charge in [-0.05, 0) is 31.8 Å². The van der Waals surface area contributed by atoms with E-state index >= 15 is 0 Å². The van der Waals surface area contributed by atoms with Crippen LogP contribution in [0.25, 0.3) is 0 Å². The van der Waals surface area contributed by atoms with Crippen LogP contribution in [0.5, 0.6) is 0 Å². The SMILES string of the molecule is COCCN(CC1CCNCC1)CC(F)(F)F.Cl. The van der Waals surface area contributed by atoms with Gasteiger partial charge < -0.3 is 10.1 Å². The van der Waals surface area contributed by atoms with Gasteiger partial charge in [-0.1, -0.05) is 0 Å². The lowest BCUT2D eigenvalue weighted by molar-refractivity contribution is -0.148. The van der Waals surface area contributed by atoms with E-state index in [4.69, 9.17) is 4.74 Å². The molecule has 1 heterocycles. The lowest BCUT2D eigenvalue weighted by Gasteiger charge is -2.30. The van der Waals surface area contributed by atoms with Crippen LogP contribution in [0.4, 0.5) is 13.2 Å². The Labute approximate surface area is 112 Å². The van der Waals surface area contributed by atoms with Crippen molar-refractivity contribution in [2.24, 2.45) is 5.92 Å². The van der Waals surface area contributed by atoms with E-state index in [9.17, 15) is 13.2 Å². The molecule has 0 saturated carbocycles. The van der Waals surface area contributed by atoms with E-state index < -0.39 is 12.7 Å². The fourth-order valence-electron chi connectivity index (χ4n) is 2.14. The molecule has 1 fully saturated rings. The molecule has 0 aromatic carbocycles. The van der Waals surface area contributed by atoms with Gasteiger partial charge in [0.05, 0.1) is 13.2 Å². The number of rotatable bonds is 6. The summed E-state index contributed by atoms with van der Waals surface area (Å²) in [4.78, 5) is 1.46. The number of halogens is 4. The van der Waals surface area contributed by atoms with E-state index in [1.807, 2.05) is 0 Å². The Morgan fingerprint density at radius 1 is 1.28 bits per heavy atom. The molecule has 1 rings (SSSR count). The van der Waals surface area contributed by atoms with Crippen molar-refractivity contribution in [3.05, 3.63) is 0 Å². The minimum absolute atomic E-state index is 0. The molecule has 0 unspecified atom stereocenters. The quantitative estimate of drug-likeness (QED) is 0.809. The molecular weight excluding hydrogens is 269 g/mol. The predicted molar refractivity (Wildman–Crippen MR) is 67.2 cm³/mol. The Morgan fingerprint density at radius 2 is 1.89 bits per heavy atom. The highest BCUT2D eigenvalue weighted by Gasteiger charge is 2.31. The van der Waals surface area contributed by atoms with E-state index in [1.54, 1.807) is 0 Å². The fraction of sp³-hybridized carbons (Fsp3) is 1.00. The average molecular weight is 291 g/mol. The van der Waals surface area contributed by atoms with Gasteiger partial charge in [0.15, 0.2) is 0 Å². The van der Waals surface area contributed by atoms with Gasteiger partial charge in [0, 0.05) is 20.2 Å². The molecular formula is C11H22ClF3N2O. The van der Waals surface area contributed by atoms with Gasteiger partial charge in [-0.2, -0.15) is 13.2 Å². The zero-order valence-electron chi connectivity index (χ0n) is 10.6. The van der Waals surface area contributed by atoms with E-state index in [2.05, 4.69) is 5.32 Å². The largest absolute Gasteiger partial charge is 0.401 e. The summed E-state index contributed by atoms with van der Waals surface area (Å²) in [6.45, 7) is 2.20.